The Labute approximate surface area is 88.4 Å². The van der Waals surface area contributed by atoms with Crippen LogP contribution in [0.5, 0.6) is 0 Å². The quantitative estimate of drug-likeness (QED) is 0.742. The van der Waals surface area contributed by atoms with Gasteiger partial charge in [0.05, 0.1) is 19.3 Å². The molecule has 0 spiro atoms. The van der Waals surface area contributed by atoms with E-state index < -0.39 is 6.04 Å². The normalized spacial score (nSPS) is 17.9. The molecule has 0 saturated carbocycles. The third-order valence-electron chi connectivity index (χ3n) is 2.43. The SMILES string of the molecule is NC(C(=O)NC1COC1)c1ccccc1. The van der Waals surface area contributed by atoms with Crippen LogP contribution in [-0.2, 0) is 9.53 Å². The van der Waals surface area contributed by atoms with Gasteiger partial charge < -0.3 is 15.8 Å². The summed E-state index contributed by atoms with van der Waals surface area (Å²) in [6.45, 7) is 1.18. The minimum Gasteiger partial charge on any atom is -0.377 e. The number of carbonyl (C=O) groups excluding carboxylic acids is 1. The molecule has 15 heavy (non-hydrogen) atoms. The average Bonchev–Trinajstić information content (AvgIpc) is 2.23. The van der Waals surface area contributed by atoms with Crippen molar-refractivity contribution in [3.8, 4) is 0 Å². The van der Waals surface area contributed by atoms with Crippen molar-refractivity contribution in [1.29, 1.82) is 0 Å². The first kappa shape index (κ1) is 10.1. The Kier molecular flexibility index (Phi) is 2.99. The van der Waals surface area contributed by atoms with E-state index in [1.165, 1.54) is 0 Å². The highest BCUT2D eigenvalue weighted by Crippen LogP contribution is 2.10. The predicted octanol–water partition coefficient (Wildman–Crippen LogP) is 0.201. The molecule has 2 rings (SSSR count). The molecule has 4 nitrogen and oxygen atoms in total. The van der Waals surface area contributed by atoms with E-state index in [-0.39, 0.29) is 11.9 Å². The van der Waals surface area contributed by atoms with Crippen molar-refractivity contribution in [2.45, 2.75) is 12.1 Å². The van der Waals surface area contributed by atoms with E-state index in [1.807, 2.05) is 30.3 Å². The summed E-state index contributed by atoms with van der Waals surface area (Å²) in [4.78, 5) is 11.7. The summed E-state index contributed by atoms with van der Waals surface area (Å²) in [6, 6.07) is 8.87. The third kappa shape index (κ3) is 2.34. The van der Waals surface area contributed by atoms with Crippen LogP contribution in [0.1, 0.15) is 11.6 Å². The molecule has 4 heteroatoms. The van der Waals surface area contributed by atoms with Crippen LogP contribution in [0, 0.1) is 0 Å². The van der Waals surface area contributed by atoms with Crippen molar-refractivity contribution in [2.75, 3.05) is 13.2 Å². The molecule has 0 radical (unpaired) electrons. The highest BCUT2D eigenvalue weighted by atomic mass is 16.5. The number of amides is 1. The van der Waals surface area contributed by atoms with Gasteiger partial charge in [-0.1, -0.05) is 30.3 Å². The molecule has 1 fully saturated rings. The Bertz CT molecular complexity index is 336. The van der Waals surface area contributed by atoms with Gasteiger partial charge in [0.25, 0.3) is 0 Å². The predicted molar refractivity (Wildman–Crippen MR) is 56.1 cm³/mol. The highest BCUT2D eigenvalue weighted by Gasteiger charge is 2.23. The topological polar surface area (TPSA) is 64.4 Å². The first-order valence-electron chi connectivity index (χ1n) is 4.96. The number of ether oxygens (including phenoxy) is 1. The van der Waals surface area contributed by atoms with Crippen LogP contribution in [0.2, 0.25) is 0 Å². The Morgan fingerprint density at radius 1 is 1.40 bits per heavy atom. The van der Waals surface area contributed by atoms with Gasteiger partial charge in [-0.25, -0.2) is 0 Å². The van der Waals surface area contributed by atoms with E-state index in [0.29, 0.717) is 13.2 Å². The summed E-state index contributed by atoms with van der Waals surface area (Å²) in [5.41, 5.74) is 6.64. The van der Waals surface area contributed by atoms with E-state index in [0.717, 1.165) is 5.56 Å². The van der Waals surface area contributed by atoms with E-state index >= 15 is 0 Å². The number of nitrogens with one attached hydrogen (secondary N) is 1. The zero-order valence-electron chi connectivity index (χ0n) is 8.35. The number of nitrogens with two attached hydrogens (primary N) is 1. The number of rotatable bonds is 3. The van der Waals surface area contributed by atoms with Crippen LogP contribution in [-0.4, -0.2) is 25.2 Å². The fraction of sp³-hybridized carbons (Fsp3) is 0.364. The maximum absolute atomic E-state index is 11.7. The molecule has 1 saturated heterocycles. The number of hydrogen-bond acceptors (Lipinski definition) is 3. The average molecular weight is 206 g/mol. The molecule has 1 heterocycles. The molecular weight excluding hydrogens is 192 g/mol. The van der Waals surface area contributed by atoms with Gasteiger partial charge in [-0.2, -0.15) is 0 Å². The Morgan fingerprint density at radius 2 is 2.07 bits per heavy atom. The summed E-state index contributed by atoms with van der Waals surface area (Å²) in [6.07, 6.45) is 0. The molecule has 1 atom stereocenters. The molecule has 1 aliphatic rings. The minimum absolute atomic E-state index is 0.132. The maximum Gasteiger partial charge on any atom is 0.241 e. The molecule has 1 aliphatic heterocycles. The van der Waals surface area contributed by atoms with Crippen LogP contribution >= 0.6 is 0 Å². The molecule has 1 amide bonds. The standard InChI is InChI=1S/C11H14N2O2/c12-10(8-4-2-1-3-5-8)11(14)13-9-6-15-7-9/h1-5,9-10H,6-7,12H2,(H,13,14). The van der Waals surface area contributed by atoms with Crippen molar-refractivity contribution in [3.63, 3.8) is 0 Å². The molecule has 0 bridgehead atoms. The van der Waals surface area contributed by atoms with Gasteiger partial charge in [0.2, 0.25) is 5.91 Å². The molecule has 0 aliphatic carbocycles. The van der Waals surface area contributed by atoms with Crippen molar-refractivity contribution in [2.24, 2.45) is 5.73 Å². The maximum atomic E-state index is 11.7. The first-order chi connectivity index (χ1) is 7.27. The summed E-state index contributed by atoms with van der Waals surface area (Å²) in [5, 5.41) is 2.83. The van der Waals surface area contributed by atoms with Crippen LogP contribution in [0.15, 0.2) is 30.3 Å². The van der Waals surface area contributed by atoms with Gasteiger partial charge >= 0.3 is 0 Å². The molecular formula is C11H14N2O2. The van der Waals surface area contributed by atoms with Gasteiger partial charge in [0.15, 0.2) is 0 Å². The Morgan fingerprint density at radius 3 is 2.60 bits per heavy atom. The summed E-state index contributed by atoms with van der Waals surface area (Å²) < 4.78 is 4.97. The van der Waals surface area contributed by atoms with E-state index in [1.54, 1.807) is 0 Å². The zero-order chi connectivity index (χ0) is 10.7. The largest absolute Gasteiger partial charge is 0.377 e. The van der Waals surface area contributed by atoms with Gasteiger partial charge in [-0.05, 0) is 5.56 Å². The fourth-order valence-electron chi connectivity index (χ4n) is 1.42. The smallest absolute Gasteiger partial charge is 0.241 e. The first-order valence-corrected chi connectivity index (χ1v) is 4.96. The van der Waals surface area contributed by atoms with Crippen LogP contribution < -0.4 is 11.1 Å². The third-order valence-corrected chi connectivity index (χ3v) is 2.43. The van der Waals surface area contributed by atoms with Crippen molar-refractivity contribution < 1.29 is 9.53 Å². The van der Waals surface area contributed by atoms with E-state index in [9.17, 15) is 4.79 Å². The molecule has 3 N–H and O–H groups in total. The van der Waals surface area contributed by atoms with Crippen molar-refractivity contribution >= 4 is 5.91 Å². The number of benzene rings is 1. The highest BCUT2D eigenvalue weighted by molar-refractivity contribution is 5.83. The minimum atomic E-state index is -0.591. The summed E-state index contributed by atoms with van der Waals surface area (Å²) in [5.74, 6) is -0.144. The molecule has 1 aromatic rings. The lowest BCUT2D eigenvalue weighted by Crippen LogP contribution is -2.51. The van der Waals surface area contributed by atoms with Gasteiger partial charge in [0, 0.05) is 0 Å². The summed E-state index contributed by atoms with van der Waals surface area (Å²) >= 11 is 0. The van der Waals surface area contributed by atoms with Crippen LogP contribution in [0.3, 0.4) is 0 Å². The molecule has 80 valence electrons. The van der Waals surface area contributed by atoms with Gasteiger partial charge in [-0.3, -0.25) is 4.79 Å². The second kappa shape index (κ2) is 4.42. The number of hydrogen-bond donors (Lipinski definition) is 2. The summed E-state index contributed by atoms with van der Waals surface area (Å²) in [7, 11) is 0. The lowest BCUT2D eigenvalue weighted by Gasteiger charge is -2.28. The Balaban J connectivity index is 1.94. The second-order valence-corrected chi connectivity index (χ2v) is 3.63. The second-order valence-electron chi connectivity index (χ2n) is 3.63. The molecule has 1 unspecified atom stereocenters. The zero-order valence-corrected chi connectivity index (χ0v) is 8.35. The fourth-order valence-corrected chi connectivity index (χ4v) is 1.42. The van der Waals surface area contributed by atoms with Crippen LogP contribution in [0.4, 0.5) is 0 Å². The van der Waals surface area contributed by atoms with Crippen molar-refractivity contribution in [1.82, 2.24) is 5.32 Å². The van der Waals surface area contributed by atoms with Crippen molar-refractivity contribution in [3.05, 3.63) is 35.9 Å². The lowest BCUT2D eigenvalue weighted by atomic mass is 10.1. The number of carbonyl (C=O) groups is 1. The Hall–Kier alpha value is -1.39. The van der Waals surface area contributed by atoms with Gasteiger partial charge in [-0.15, -0.1) is 0 Å². The monoisotopic (exact) mass is 206 g/mol. The van der Waals surface area contributed by atoms with E-state index in [2.05, 4.69) is 5.32 Å². The molecule has 0 aromatic heterocycles. The van der Waals surface area contributed by atoms with E-state index in [4.69, 9.17) is 10.5 Å². The van der Waals surface area contributed by atoms with Gasteiger partial charge in [0.1, 0.15) is 6.04 Å². The molecule has 1 aromatic carbocycles. The lowest BCUT2D eigenvalue weighted by molar-refractivity contribution is -0.126. The van der Waals surface area contributed by atoms with Crippen LogP contribution in [0.25, 0.3) is 0 Å².